The van der Waals surface area contributed by atoms with Crippen LogP contribution in [0.15, 0.2) is 11.7 Å². The van der Waals surface area contributed by atoms with Crippen LogP contribution in [0.2, 0.25) is 0 Å². The van der Waals surface area contributed by atoms with Gasteiger partial charge in [0, 0.05) is 18.1 Å². The van der Waals surface area contributed by atoms with E-state index in [1.807, 2.05) is 23.4 Å². The first-order valence-corrected chi connectivity index (χ1v) is 7.01. The lowest BCUT2D eigenvalue weighted by Crippen LogP contribution is -2.03. The van der Waals surface area contributed by atoms with Gasteiger partial charge >= 0.3 is 0 Å². The highest BCUT2D eigenvalue weighted by Crippen LogP contribution is 2.20. The third kappa shape index (κ3) is 1.70. The van der Waals surface area contributed by atoms with Crippen molar-refractivity contribution in [2.24, 2.45) is 7.05 Å². The van der Waals surface area contributed by atoms with Crippen LogP contribution in [-0.4, -0.2) is 24.3 Å². The fraction of sp³-hybridized carbons (Fsp3) is 0.364. The highest BCUT2D eigenvalue weighted by Gasteiger charge is 2.14. The third-order valence-corrected chi connectivity index (χ3v) is 4.04. The van der Waals surface area contributed by atoms with Crippen LogP contribution in [0.4, 0.5) is 0 Å². The molecule has 1 N–H and O–H groups in total. The first-order valence-electron chi connectivity index (χ1n) is 5.72. The molecule has 0 radical (unpaired) electrons. The van der Waals surface area contributed by atoms with E-state index in [4.69, 9.17) is 12.2 Å². The largest absolute Gasteiger partial charge is 0.328 e. The number of imidazole rings is 1. The standard InChI is InChI=1S/C11H13N5S2/c1-3-8-9-10(15(2)14-8)16(11(17)13-9)5-7-4-12-6-18-7/h4,6H,3,5H2,1-2H3,(H,13,17). The van der Waals surface area contributed by atoms with Crippen molar-refractivity contribution >= 4 is 34.7 Å². The van der Waals surface area contributed by atoms with E-state index in [0.29, 0.717) is 0 Å². The van der Waals surface area contributed by atoms with Crippen molar-refractivity contribution in [2.75, 3.05) is 0 Å². The quantitative estimate of drug-likeness (QED) is 0.749. The number of fused-ring (bicyclic) bond motifs is 1. The molecule has 0 saturated carbocycles. The summed E-state index contributed by atoms with van der Waals surface area (Å²) in [6, 6.07) is 0. The number of hydrogen-bond acceptors (Lipinski definition) is 4. The van der Waals surface area contributed by atoms with E-state index < -0.39 is 0 Å². The second kappa shape index (κ2) is 4.33. The first kappa shape index (κ1) is 11.6. The first-order chi connectivity index (χ1) is 8.70. The smallest absolute Gasteiger partial charge is 0.179 e. The molecule has 0 aromatic carbocycles. The van der Waals surface area contributed by atoms with Gasteiger partial charge in [-0.05, 0) is 18.6 Å². The van der Waals surface area contributed by atoms with Gasteiger partial charge < -0.3 is 4.98 Å². The number of aromatic nitrogens is 5. The van der Waals surface area contributed by atoms with Crippen LogP contribution >= 0.6 is 23.6 Å². The van der Waals surface area contributed by atoms with Crippen LogP contribution < -0.4 is 0 Å². The highest BCUT2D eigenvalue weighted by atomic mass is 32.1. The zero-order valence-electron chi connectivity index (χ0n) is 10.2. The molecule has 0 spiro atoms. The van der Waals surface area contributed by atoms with Gasteiger partial charge in [0.1, 0.15) is 5.52 Å². The van der Waals surface area contributed by atoms with Gasteiger partial charge in [-0.25, -0.2) is 0 Å². The second-order valence-electron chi connectivity index (χ2n) is 4.11. The summed E-state index contributed by atoms with van der Waals surface area (Å²) >= 11 is 7.03. The predicted molar refractivity (Wildman–Crippen MR) is 74.5 cm³/mol. The summed E-state index contributed by atoms with van der Waals surface area (Å²) in [5.74, 6) is 0. The van der Waals surface area contributed by atoms with Crippen molar-refractivity contribution in [3.8, 4) is 0 Å². The lowest BCUT2D eigenvalue weighted by atomic mass is 10.3. The van der Waals surface area contributed by atoms with Gasteiger partial charge in [-0.1, -0.05) is 6.92 Å². The van der Waals surface area contributed by atoms with Crippen molar-refractivity contribution in [2.45, 2.75) is 19.9 Å². The molecular weight excluding hydrogens is 266 g/mol. The van der Waals surface area contributed by atoms with Gasteiger partial charge in [0.25, 0.3) is 0 Å². The summed E-state index contributed by atoms with van der Waals surface area (Å²) in [6.07, 6.45) is 2.77. The van der Waals surface area contributed by atoms with Crippen molar-refractivity contribution < 1.29 is 0 Å². The molecule has 5 nitrogen and oxygen atoms in total. The van der Waals surface area contributed by atoms with Gasteiger partial charge in [-0.3, -0.25) is 14.2 Å². The molecule has 3 aromatic heterocycles. The zero-order valence-corrected chi connectivity index (χ0v) is 11.8. The Kier molecular flexibility index (Phi) is 2.79. The lowest BCUT2D eigenvalue weighted by molar-refractivity contribution is 0.712. The van der Waals surface area contributed by atoms with Crippen LogP contribution in [0, 0.1) is 4.77 Å². The minimum absolute atomic E-state index is 0.737. The maximum Gasteiger partial charge on any atom is 0.179 e. The van der Waals surface area contributed by atoms with Crippen molar-refractivity contribution in [1.82, 2.24) is 24.3 Å². The summed E-state index contributed by atoms with van der Waals surface area (Å²) < 4.78 is 4.70. The molecule has 0 unspecified atom stereocenters. The number of thiazole rings is 1. The average molecular weight is 279 g/mol. The number of aromatic amines is 1. The van der Waals surface area contributed by atoms with Crippen LogP contribution in [0.5, 0.6) is 0 Å². The molecule has 0 atom stereocenters. The van der Waals surface area contributed by atoms with Gasteiger partial charge in [0.05, 0.1) is 17.7 Å². The number of hydrogen-bond donors (Lipinski definition) is 1. The molecule has 3 aromatic rings. The SMILES string of the molecule is CCc1nn(C)c2c1[nH]c(=S)n2Cc1cncs1. The summed E-state index contributed by atoms with van der Waals surface area (Å²) in [5.41, 5.74) is 4.99. The average Bonchev–Trinajstić information content (AvgIpc) is 3.01. The fourth-order valence-corrected chi connectivity index (χ4v) is 2.98. The molecule has 0 bridgehead atoms. The zero-order chi connectivity index (χ0) is 12.7. The lowest BCUT2D eigenvalue weighted by Gasteiger charge is -2.01. The van der Waals surface area contributed by atoms with Crippen LogP contribution in [0.1, 0.15) is 17.5 Å². The molecule has 18 heavy (non-hydrogen) atoms. The number of aryl methyl sites for hydroxylation is 2. The molecule has 0 amide bonds. The fourth-order valence-electron chi connectivity index (χ4n) is 2.15. The van der Waals surface area contributed by atoms with E-state index in [-0.39, 0.29) is 0 Å². The minimum Gasteiger partial charge on any atom is -0.328 e. The van der Waals surface area contributed by atoms with E-state index in [9.17, 15) is 0 Å². The Morgan fingerprint density at radius 3 is 3.00 bits per heavy atom. The van der Waals surface area contributed by atoms with E-state index >= 15 is 0 Å². The highest BCUT2D eigenvalue weighted by molar-refractivity contribution is 7.71. The Labute approximate surface area is 113 Å². The second-order valence-corrected chi connectivity index (χ2v) is 5.46. The topological polar surface area (TPSA) is 51.4 Å². The number of nitrogens with zero attached hydrogens (tertiary/aromatic N) is 4. The van der Waals surface area contributed by atoms with Crippen molar-refractivity contribution in [3.63, 3.8) is 0 Å². The molecule has 0 aliphatic carbocycles. The van der Waals surface area contributed by atoms with E-state index in [1.54, 1.807) is 11.3 Å². The minimum atomic E-state index is 0.737. The number of rotatable bonds is 3. The monoisotopic (exact) mass is 279 g/mol. The Morgan fingerprint density at radius 2 is 2.33 bits per heavy atom. The van der Waals surface area contributed by atoms with Crippen LogP contribution in [0.3, 0.4) is 0 Å². The maximum atomic E-state index is 5.40. The molecule has 3 heterocycles. The maximum absolute atomic E-state index is 5.40. The van der Waals surface area contributed by atoms with Crippen molar-refractivity contribution in [3.05, 3.63) is 27.0 Å². The van der Waals surface area contributed by atoms with Gasteiger partial charge in [0.15, 0.2) is 10.4 Å². The Morgan fingerprint density at radius 1 is 1.50 bits per heavy atom. The predicted octanol–water partition coefficient (Wildman–Crippen LogP) is 2.50. The van der Waals surface area contributed by atoms with E-state index in [1.165, 1.54) is 4.88 Å². The Hall–Kier alpha value is -1.47. The van der Waals surface area contributed by atoms with Gasteiger partial charge in [0.2, 0.25) is 0 Å². The molecule has 3 rings (SSSR count). The van der Waals surface area contributed by atoms with Gasteiger partial charge in [-0.2, -0.15) is 5.10 Å². The normalized spacial score (nSPS) is 11.4. The number of H-pyrrole nitrogens is 1. The van der Waals surface area contributed by atoms with Crippen LogP contribution in [0.25, 0.3) is 11.2 Å². The molecule has 0 aliphatic rings. The van der Waals surface area contributed by atoms with Crippen LogP contribution in [-0.2, 0) is 20.0 Å². The molecule has 7 heteroatoms. The van der Waals surface area contributed by atoms with Crippen molar-refractivity contribution in [1.29, 1.82) is 0 Å². The molecule has 94 valence electrons. The summed E-state index contributed by atoms with van der Waals surface area (Å²) in [5, 5.41) is 4.51. The summed E-state index contributed by atoms with van der Waals surface area (Å²) in [4.78, 5) is 8.54. The molecule has 0 saturated heterocycles. The molecular formula is C11H13N5S2. The summed E-state index contributed by atoms with van der Waals surface area (Å²) in [7, 11) is 1.95. The van der Waals surface area contributed by atoms with Gasteiger partial charge in [-0.15, -0.1) is 11.3 Å². The summed E-state index contributed by atoms with van der Waals surface area (Å²) in [6.45, 7) is 2.84. The Bertz CT molecular complexity index is 731. The third-order valence-electron chi connectivity index (χ3n) is 2.95. The number of nitrogens with one attached hydrogen (secondary N) is 1. The van der Waals surface area contributed by atoms with E-state index in [0.717, 1.165) is 34.6 Å². The van der Waals surface area contributed by atoms with E-state index in [2.05, 4.69) is 26.6 Å². The molecule has 0 aliphatic heterocycles. The molecule has 0 fully saturated rings. The Balaban J connectivity index is 2.19.